The zero-order valence-electron chi connectivity index (χ0n) is 8.03. The van der Waals surface area contributed by atoms with Crippen LogP contribution in [-0.4, -0.2) is 20.4 Å². The molecule has 0 radical (unpaired) electrons. The summed E-state index contributed by atoms with van der Waals surface area (Å²) in [5, 5.41) is 0. The Morgan fingerprint density at radius 1 is 1.40 bits per heavy atom. The van der Waals surface area contributed by atoms with Crippen LogP contribution in [0.1, 0.15) is 5.56 Å². The largest absolute Gasteiger partial charge is 0.219 e. The second-order valence-electron chi connectivity index (χ2n) is 3.23. The predicted octanol–water partition coefficient (Wildman–Crippen LogP) is 2.94. The van der Waals surface area contributed by atoms with Gasteiger partial charge in [0, 0.05) is 10.2 Å². The van der Waals surface area contributed by atoms with E-state index in [4.69, 9.17) is 0 Å². The van der Waals surface area contributed by atoms with Gasteiger partial charge in [-0.15, -0.1) is 0 Å². The van der Waals surface area contributed by atoms with Crippen LogP contribution in [0.25, 0.3) is 6.08 Å². The minimum atomic E-state index is -3.22. The van der Waals surface area contributed by atoms with Crippen LogP contribution in [0.5, 0.6) is 0 Å². The molecule has 0 atom stereocenters. The van der Waals surface area contributed by atoms with Crippen LogP contribution in [0, 0.1) is 0 Å². The summed E-state index contributed by atoms with van der Waals surface area (Å²) in [6, 6.07) is 5.34. The lowest BCUT2D eigenvalue weighted by Gasteiger charge is -2.01. The van der Waals surface area contributed by atoms with E-state index < -0.39 is 9.84 Å². The molecule has 0 aliphatic carbocycles. The first kappa shape index (κ1) is 11.2. The molecule has 0 aromatic heterocycles. The third kappa shape index (κ3) is 1.88. The number of sulfone groups is 1. The van der Waals surface area contributed by atoms with Crippen molar-refractivity contribution in [2.75, 3.05) is 12.0 Å². The van der Waals surface area contributed by atoms with Crippen molar-refractivity contribution in [3.8, 4) is 0 Å². The smallest absolute Gasteiger partial charge is 0.204 e. The third-order valence-electron chi connectivity index (χ3n) is 2.21. The lowest BCUT2D eigenvalue weighted by molar-refractivity contribution is 0.603. The van der Waals surface area contributed by atoms with Gasteiger partial charge in [0.2, 0.25) is 9.84 Å². The molecule has 15 heavy (non-hydrogen) atoms. The van der Waals surface area contributed by atoms with Gasteiger partial charge in [-0.05, 0) is 30.0 Å². The van der Waals surface area contributed by atoms with E-state index >= 15 is 0 Å². The van der Waals surface area contributed by atoms with Crippen molar-refractivity contribution in [2.45, 2.75) is 4.90 Å². The Kier molecular flexibility index (Phi) is 2.96. The molecule has 1 heterocycles. The Hall–Kier alpha value is -0.260. The topological polar surface area (TPSA) is 34.1 Å². The number of fused-ring (bicyclic) bond motifs is 1. The Labute approximate surface area is 102 Å². The normalized spacial score (nSPS) is 17.3. The average molecular weight is 305 g/mol. The number of benzene rings is 1. The molecule has 1 aromatic carbocycles. The Bertz CT molecular complexity index is 532. The van der Waals surface area contributed by atoms with Gasteiger partial charge in [0.05, 0.1) is 9.80 Å². The highest BCUT2D eigenvalue weighted by Gasteiger charge is 2.28. The highest BCUT2D eigenvalue weighted by atomic mass is 79.9. The Morgan fingerprint density at radius 2 is 2.13 bits per heavy atom. The molecule has 0 spiro atoms. The summed E-state index contributed by atoms with van der Waals surface area (Å²) >= 11 is 4.80. The molecule has 2 rings (SSSR count). The van der Waals surface area contributed by atoms with E-state index in [2.05, 4.69) is 15.9 Å². The first-order valence-corrected chi connectivity index (χ1v) is 7.97. The average Bonchev–Trinajstić information content (AvgIpc) is 2.41. The maximum absolute atomic E-state index is 12.0. The second-order valence-corrected chi connectivity index (χ2v) is 6.98. The standard InChI is InChI=1S/C10H9BrO2S2/c1-14-6-9-4-7-2-3-8(11)5-10(7)15(9,12)13/h2-5H,6H2,1H3. The SMILES string of the molecule is CSCC1=Cc2ccc(Br)cc2S1(=O)=O. The molecule has 1 aromatic rings. The zero-order chi connectivity index (χ0) is 11.1. The monoisotopic (exact) mass is 304 g/mol. The number of rotatable bonds is 2. The summed E-state index contributed by atoms with van der Waals surface area (Å²) in [6.45, 7) is 0. The zero-order valence-corrected chi connectivity index (χ0v) is 11.2. The van der Waals surface area contributed by atoms with Crippen molar-refractivity contribution >= 4 is 43.6 Å². The van der Waals surface area contributed by atoms with E-state index in [1.165, 1.54) is 11.8 Å². The number of thioether (sulfide) groups is 1. The highest BCUT2D eigenvalue weighted by Crippen LogP contribution is 2.35. The molecule has 0 unspecified atom stereocenters. The molecule has 2 nitrogen and oxygen atoms in total. The van der Waals surface area contributed by atoms with Crippen LogP contribution in [-0.2, 0) is 9.84 Å². The van der Waals surface area contributed by atoms with Crippen molar-refractivity contribution in [2.24, 2.45) is 0 Å². The van der Waals surface area contributed by atoms with Crippen LogP contribution >= 0.6 is 27.7 Å². The van der Waals surface area contributed by atoms with Crippen LogP contribution in [0.3, 0.4) is 0 Å². The summed E-state index contributed by atoms with van der Waals surface area (Å²) in [4.78, 5) is 0.920. The summed E-state index contributed by atoms with van der Waals surface area (Å²) < 4.78 is 24.8. The van der Waals surface area contributed by atoms with E-state index in [9.17, 15) is 8.42 Å². The van der Waals surface area contributed by atoms with E-state index in [0.717, 1.165) is 10.0 Å². The maximum Gasteiger partial charge on any atom is 0.204 e. The van der Waals surface area contributed by atoms with Gasteiger partial charge in [0.1, 0.15) is 0 Å². The minimum Gasteiger partial charge on any atom is -0.219 e. The molecule has 5 heteroatoms. The van der Waals surface area contributed by atoms with Crippen LogP contribution in [0.15, 0.2) is 32.5 Å². The van der Waals surface area contributed by atoms with Gasteiger partial charge in [-0.2, -0.15) is 11.8 Å². The second kappa shape index (κ2) is 3.96. The van der Waals surface area contributed by atoms with Crippen molar-refractivity contribution in [3.05, 3.63) is 33.1 Å². The van der Waals surface area contributed by atoms with Gasteiger partial charge >= 0.3 is 0 Å². The number of hydrogen-bond donors (Lipinski definition) is 0. The predicted molar refractivity (Wildman–Crippen MR) is 67.7 cm³/mol. The van der Waals surface area contributed by atoms with Gasteiger partial charge in [-0.3, -0.25) is 0 Å². The minimum absolute atomic E-state index is 0.418. The molecule has 0 N–H and O–H groups in total. The van der Waals surface area contributed by atoms with E-state index in [0.29, 0.717) is 15.6 Å². The van der Waals surface area contributed by atoms with Gasteiger partial charge < -0.3 is 0 Å². The molecule has 1 aliphatic rings. The quantitative estimate of drug-likeness (QED) is 0.842. The van der Waals surface area contributed by atoms with Crippen LogP contribution < -0.4 is 0 Å². The summed E-state index contributed by atoms with van der Waals surface area (Å²) in [7, 11) is -3.22. The van der Waals surface area contributed by atoms with Crippen molar-refractivity contribution in [1.29, 1.82) is 0 Å². The molecule has 0 saturated heterocycles. The highest BCUT2D eigenvalue weighted by molar-refractivity contribution is 9.10. The lowest BCUT2D eigenvalue weighted by Crippen LogP contribution is -2.02. The fraction of sp³-hybridized carbons (Fsp3) is 0.200. The van der Waals surface area contributed by atoms with Crippen molar-refractivity contribution in [1.82, 2.24) is 0 Å². The molecule has 80 valence electrons. The first-order chi connectivity index (χ1) is 7.05. The fourth-order valence-corrected chi connectivity index (χ4v) is 4.65. The molecule has 0 bridgehead atoms. The van der Waals surface area contributed by atoms with Gasteiger partial charge in [-0.25, -0.2) is 8.42 Å². The molecule has 0 fully saturated rings. The van der Waals surface area contributed by atoms with E-state index in [1.807, 2.05) is 18.4 Å². The molecular weight excluding hydrogens is 296 g/mol. The molecular formula is C10H9BrO2S2. The van der Waals surface area contributed by atoms with Crippen LogP contribution in [0.4, 0.5) is 0 Å². The van der Waals surface area contributed by atoms with Crippen molar-refractivity contribution in [3.63, 3.8) is 0 Å². The number of hydrogen-bond acceptors (Lipinski definition) is 3. The summed E-state index contributed by atoms with van der Waals surface area (Å²) in [6.07, 6.45) is 3.66. The maximum atomic E-state index is 12.0. The van der Waals surface area contributed by atoms with Crippen LogP contribution in [0.2, 0.25) is 0 Å². The van der Waals surface area contributed by atoms with Crippen molar-refractivity contribution < 1.29 is 8.42 Å². The summed E-state index contributed by atoms with van der Waals surface area (Å²) in [5.41, 5.74) is 0.794. The van der Waals surface area contributed by atoms with Gasteiger partial charge in [0.25, 0.3) is 0 Å². The van der Waals surface area contributed by atoms with E-state index in [-0.39, 0.29) is 0 Å². The third-order valence-corrected chi connectivity index (χ3v) is 5.37. The van der Waals surface area contributed by atoms with Gasteiger partial charge in [-0.1, -0.05) is 22.0 Å². The first-order valence-electron chi connectivity index (χ1n) is 4.30. The molecule has 0 saturated carbocycles. The van der Waals surface area contributed by atoms with Gasteiger partial charge in [0.15, 0.2) is 0 Å². The summed E-state index contributed by atoms with van der Waals surface area (Å²) in [5.74, 6) is 0.536. The Morgan fingerprint density at radius 3 is 2.80 bits per heavy atom. The Balaban J connectivity index is 2.58. The fourth-order valence-electron chi connectivity index (χ4n) is 1.51. The lowest BCUT2D eigenvalue weighted by atomic mass is 10.2. The number of halogens is 1. The molecule has 0 amide bonds. The van der Waals surface area contributed by atoms with E-state index in [1.54, 1.807) is 12.1 Å². The molecule has 1 aliphatic heterocycles.